The minimum atomic E-state index is -0.868. The van der Waals surface area contributed by atoms with E-state index in [1.165, 1.54) is 6.20 Å². The number of ether oxygens (including phenoxy) is 2. The predicted molar refractivity (Wildman–Crippen MR) is 95.1 cm³/mol. The van der Waals surface area contributed by atoms with Crippen LogP contribution in [-0.2, 0) is 4.74 Å². The molecule has 25 heavy (non-hydrogen) atoms. The third kappa shape index (κ3) is 4.14. The van der Waals surface area contributed by atoms with Gasteiger partial charge in [-0.3, -0.25) is 0 Å². The van der Waals surface area contributed by atoms with Crippen molar-refractivity contribution in [2.75, 3.05) is 5.73 Å². The maximum atomic E-state index is 12.4. The number of anilines is 1. The Hall–Kier alpha value is -3.34. The van der Waals surface area contributed by atoms with Crippen LogP contribution in [0.15, 0.2) is 72.9 Å². The second-order valence-electron chi connectivity index (χ2n) is 5.50. The lowest BCUT2D eigenvalue weighted by Crippen LogP contribution is -2.17. The fourth-order valence-electron chi connectivity index (χ4n) is 2.27. The number of hydrogen-bond donors (Lipinski definition) is 1. The van der Waals surface area contributed by atoms with Crippen LogP contribution < -0.4 is 10.5 Å². The molecule has 0 radical (unpaired) electrons. The molecule has 0 aliphatic heterocycles. The van der Waals surface area contributed by atoms with E-state index in [-0.39, 0.29) is 0 Å². The fraction of sp³-hybridized carbons (Fsp3) is 0.100. The molecule has 0 spiro atoms. The maximum absolute atomic E-state index is 12.4. The van der Waals surface area contributed by atoms with Gasteiger partial charge in [0.05, 0.1) is 5.56 Å². The minimum absolute atomic E-state index is 0.309. The summed E-state index contributed by atoms with van der Waals surface area (Å²) in [7, 11) is 0. The lowest BCUT2D eigenvalue weighted by molar-refractivity contribution is -0.0510. The highest BCUT2D eigenvalue weighted by molar-refractivity contribution is 5.89. The summed E-state index contributed by atoms with van der Waals surface area (Å²) in [5.74, 6) is 0.460. The average molecular weight is 334 g/mol. The number of carbonyl (C=O) groups is 1. The van der Waals surface area contributed by atoms with E-state index in [2.05, 4.69) is 4.98 Å². The Bertz CT molecular complexity index is 848. The quantitative estimate of drug-likeness (QED) is 0.566. The van der Waals surface area contributed by atoms with Crippen molar-refractivity contribution in [1.82, 2.24) is 4.98 Å². The number of pyridine rings is 1. The lowest BCUT2D eigenvalue weighted by Gasteiger charge is -2.20. The van der Waals surface area contributed by atoms with Gasteiger partial charge in [-0.05, 0) is 30.7 Å². The topological polar surface area (TPSA) is 74.4 Å². The Morgan fingerprint density at radius 3 is 2.40 bits per heavy atom. The van der Waals surface area contributed by atoms with Gasteiger partial charge in [0.1, 0.15) is 11.6 Å². The maximum Gasteiger partial charge on any atom is 0.343 e. The highest BCUT2D eigenvalue weighted by atomic mass is 16.7. The van der Waals surface area contributed by atoms with Crippen molar-refractivity contribution in [3.8, 4) is 5.75 Å². The summed E-state index contributed by atoms with van der Waals surface area (Å²) < 4.78 is 11.5. The molecule has 2 aromatic carbocycles. The van der Waals surface area contributed by atoms with Crippen LogP contribution in [0, 0.1) is 6.92 Å². The number of rotatable bonds is 5. The fourth-order valence-corrected chi connectivity index (χ4v) is 2.27. The highest BCUT2D eigenvalue weighted by Gasteiger charge is 2.20. The van der Waals surface area contributed by atoms with Crippen LogP contribution in [0.25, 0.3) is 0 Å². The van der Waals surface area contributed by atoms with Crippen molar-refractivity contribution in [2.45, 2.75) is 13.2 Å². The Morgan fingerprint density at radius 1 is 1.00 bits per heavy atom. The van der Waals surface area contributed by atoms with Gasteiger partial charge in [0, 0.05) is 11.8 Å². The van der Waals surface area contributed by atoms with E-state index >= 15 is 0 Å². The van der Waals surface area contributed by atoms with E-state index in [1.54, 1.807) is 12.1 Å². The van der Waals surface area contributed by atoms with Gasteiger partial charge < -0.3 is 15.2 Å². The van der Waals surface area contributed by atoms with Crippen LogP contribution in [0.1, 0.15) is 27.8 Å². The van der Waals surface area contributed by atoms with E-state index in [0.29, 0.717) is 17.1 Å². The number of nitrogen functional groups attached to an aromatic ring is 1. The van der Waals surface area contributed by atoms with Crippen molar-refractivity contribution in [3.05, 3.63) is 89.6 Å². The molecule has 3 rings (SSSR count). The first kappa shape index (κ1) is 16.5. The molecule has 1 atom stereocenters. The largest absolute Gasteiger partial charge is 0.450 e. The molecule has 5 nitrogen and oxygen atoms in total. The molecule has 0 fully saturated rings. The summed E-state index contributed by atoms with van der Waals surface area (Å²) in [6.07, 6.45) is 0.514. The summed E-state index contributed by atoms with van der Waals surface area (Å²) in [6.45, 7) is 1.93. The van der Waals surface area contributed by atoms with E-state index in [9.17, 15) is 4.79 Å². The van der Waals surface area contributed by atoms with Gasteiger partial charge in [-0.25, -0.2) is 9.78 Å². The Balaban J connectivity index is 1.85. The normalized spacial score (nSPS) is 11.6. The van der Waals surface area contributed by atoms with E-state index < -0.39 is 12.3 Å². The zero-order chi connectivity index (χ0) is 17.6. The predicted octanol–water partition coefficient (Wildman–Crippen LogP) is 3.91. The first-order valence-corrected chi connectivity index (χ1v) is 7.83. The number of carbonyl (C=O) groups excluding carboxylic acids is 1. The standard InChI is InChI=1S/C20H18N2O3/c1-14-7-5-6-10-17(14)24-20(15-8-3-2-4-9-15)25-19(23)16-11-12-18(21)22-13-16/h2-13,20H,1H3,(H2,21,22). The summed E-state index contributed by atoms with van der Waals surface area (Å²) in [5, 5.41) is 0. The third-order valence-electron chi connectivity index (χ3n) is 3.64. The van der Waals surface area contributed by atoms with Gasteiger partial charge >= 0.3 is 5.97 Å². The van der Waals surface area contributed by atoms with Crippen molar-refractivity contribution in [2.24, 2.45) is 0 Å². The van der Waals surface area contributed by atoms with Gasteiger partial charge in [0.15, 0.2) is 0 Å². The van der Waals surface area contributed by atoms with Gasteiger partial charge in [-0.15, -0.1) is 0 Å². The zero-order valence-corrected chi connectivity index (χ0v) is 13.8. The molecule has 1 unspecified atom stereocenters. The number of nitrogens with zero attached hydrogens (tertiary/aromatic N) is 1. The third-order valence-corrected chi connectivity index (χ3v) is 3.64. The van der Waals surface area contributed by atoms with Crippen LogP contribution in [0.3, 0.4) is 0 Å². The Kier molecular flexibility index (Phi) is 4.95. The molecule has 2 N–H and O–H groups in total. The molecule has 0 saturated carbocycles. The summed E-state index contributed by atoms with van der Waals surface area (Å²) >= 11 is 0. The molecule has 5 heteroatoms. The number of benzene rings is 2. The van der Waals surface area contributed by atoms with Crippen molar-refractivity contribution >= 4 is 11.8 Å². The molecule has 0 aliphatic rings. The lowest BCUT2D eigenvalue weighted by atomic mass is 10.2. The average Bonchev–Trinajstić information content (AvgIpc) is 2.64. The SMILES string of the molecule is Cc1ccccc1OC(OC(=O)c1ccc(N)nc1)c1ccccc1. The molecule has 126 valence electrons. The minimum Gasteiger partial charge on any atom is -0.450 e. The number of aryl methyl sites for hydroxylation is 1. The zero-order valence-electron chi connectivity index (χ0n) is 13.8. The number of esters is 1. The van der Waals surface area contributed by atoms with Crippen LogP contribution in [0.5, 0.6) is 5.75 Å². The van der Waals surface area contributed by atoms with E-state index in [1.807, 2.05) is 61.5 Å². The number of hydrogen-bond acceptors (Lipinski definition) is 5. The molecule has 0 saturated heterocycles. The highest BCUT2D eigenvalue weighted by Crippen LogP contribution is 2.26. The molecule has 0 aliphatic carbocycles. The van der Waals surface area contributed by atoms with Crippen molar-refractivity contribution < 1.29 is 14.3 Å². The van der Waals surface area contributed by atoms with Crippen molar-refractivity contribution in [3.63, 3.8) is 0 Å². The molecule has 0 amide bonds. The Labute approximate surface area is 146 Å². The first-order valence-electron chi connectivity index (χ1n) is 7.83. The van der Waals surface area contributed by atoms with Crippen LogP contribution >= 0.6 is 0 Å². The number of nitrogens with two attached hydrogens (primary N) is 1. The van der Waals surface area contributed by atoms with Gasteiger partial charge in [0.25, 0.3) is 6.29 Å². The molecule has 0 bridgehead atoms. The van der Waals surface area contributed by atoms with Crippen LogP contribution in [-0.4, -0.2) is 11.0 Å². The molecule has 1 heterocycles. The van der Waals surface area contributed by atoms with Crippen LogP contribution in [0.4, 0.5) is 5.82 Å². The second kappa shape index (κ2) is 7.49. The van der Waals surface area contributed by atoms with Gasteiger partial charge in [-0.1, -0.05) is 48.5 Å². The molecular weight excluding hydrogens is 316 g/mol. The summed E-state index contributed by atoms with van der Waals surface area (Å²) in [4.78, 5) is 16.3. The Morgan fingerprint density at radius 2 is 1.72 bits per heavy atom. The summed E-state index contributed by atoms with van der Waals surface area (Å²) in [6, 6.07) is 20.0. The number of para-hydroxylation sites is 1. The van der Waals surface area contributed by atoms with Crippen LogP contribution in [0.2, 0.25) is 0 Å². The molecule has 1 aromatic heterocycles. The van der Waals surface area contributed by atoms with Gasteiger partial charge in [-0.2, -0.15) is 0 Å². The summed E-state index contributed by atoms with van der Waals surface area (Å²) in [5.41, 5.74) is 7.55. The molecular formula is C20H18N2O3. The van der Waals surface area contributed by atoms with Crippen molar-refractivity contribution in [1.29, 1.82) is 0 Å². The second-order valence-corrected chi connectivity index (χ2v) is 5.50. The smallest absolute Gasteiger partial charge is 0.343 e. The van der Waals surface area contributed by atoms with Gasteiger partial charge in [0.2, 0.25) is 0 Å². The monoisotopic (exact) mass is 334 g/mol. The van der Waals surface area contributed by atoms with E-state index in [4.69, 9.17) is 15.2 Å². The first-order chi connectivity index (χ1) is 12.1. The van der Waals surface area contributed by atoms with E-state index in [0.717, 1.165) is 11.1 Å². The molecule has 3 aromatic rings. The number of aromatic nitrogens is 1.